The molecular weight excluding hydrogens is 274 g/mol. The lowest BCUT2D eigenvalue weighted by Gasteiger charge is -2.09. The molecule has 0 atom stereocenters. The molecule has 0 aliphatic heterocycles. The lowest BCUT2D eigenvalue weighted by Crippen LogP contribution is -2.13. The molecule has 4 N–H and O–H groups in total. The van der Waals surface area contributed by atoms with Crippen molar-refractivity contribution in [3.63, 3.8) is 0 Å². The minimum absolute atomic E-state index is 0.00413. The lowest BCUT2D eigenvalue weighted by molar-refractivity contribution is -0.385. The van der Waals surface area contributed by atoms with Gasteiger partial charge < -0.3 is 5.32 Å². The maximum absolute atomic E-state index is 11.1. The predicted octanol–water partition coefficient (Wildman–Crippen LogP) is 1.59. The van der Waals surface area contributed by atoms with E-state index >= 15 is 0 Å². The second-order valence-electron chi connectivity index (χ2n) is 4.05. The number of nitrogens with two attached hydrogens (primary N) is 1. The number of benzene rings is 1. The molecule has 9 heteroatoms. The Hall–Kier alpha value is -3.25. The first-order valence-electron chi connectivity index (χ1n) is 5.82. The molecule has 2 aromatic rings. The van der Waals surface area contributed by atoms with Crippen LogP contribution in [0.5, 0.6) is 0 Å². The highest BCUT2D eigenvalue weighted by molar-refractivity contribution is 5.68. The van der Waals surface area contributed by atoms with Gasteiger partial charge in [0, 0.05) is 5.69 Å². The summed E-state index contributed by atoms with van der Waals surface area (Å²) >= 11 is 0. The molecule has 0 aliphatic rings. The number of anilines is 3. The van der Waals surface area contributed by atoms with Gasteiger partial charge in [-0.15, -0.1) is 0 Å². The Morgan fingerprint density at radius 1 is 1.43 bits per heavy atom. The van der Waals surface area contributed by atoms with Gasteiger partial charge in [0.2, 0.25) is 11.8 Å². The van der Waals surface area contributed by atoms with Gasteiger partial charge in [-0.05, 0) is 25.1 Å². The molecule has 1 heterocycles. The number of nitrogens with one attached hydrogen (secondary N) is 2. The lowest BCUT2D eigenvalue weighted by atomic mass is 10.2. The zero-order chi connectivity index (χ0) is 15.4. The molecule has 0 amide bonds. The first kappa shape index (κ1) is 14.2. The van der Waals surface area contributed by atoms with Crippen LogP contribution in [0.4, 0.5) is 23.1 Å². The zero-order valence-electron chi connectivity index (χ0n) is 11.0. The van der Waals surface area contributed by atoms with Gasteiger partial charge in [0.05, 0.1) is 16.6 Å². The van der Waals surface area contributed by atoms with E-state index in [-0.39, 0.29) is 23.1 Å². The highest BCUT2D eigenvalue weighted by atomic mass is 16.6. The smallest absolute Gasteiger partial charge is 0.332 e. The fraction of sp³-hybridized carbons (Fsp3) is 0.0833. The van der Waals surface area contributed by atoms with Gasteiger partial charge in [0.15, 0.2) is 0 Å². The number of aryl methyl sites for hydroxylation is 1. The van der Waals surface area contributed by atoms with Crippen molar-refractivity contribution in [1.29, 1.82) is 5.26 Å². The van der Waals surface area contributed by atoms with Crippen LogP contribution in [0.3, 0.4) is 0 Å². The van der Waals surface area contributed by atoms with Crippen LogP contribution in [0.1, 0.15) is 11.3 Å². The summed E-state index contributed by atoms with van der Waals surface area (Å²) in [5.74, 6) is 5.29. The van der Waals surface area contributed by atoms with Gasteiger partial charge in [-0.2, -0.15) is 10.2 Å². The summed E-state index contributed by atoms with van der Waals surface area (Å²) in [5, 5.41) is 22.8. The number of hydrogen-bond donors (Lipinski definition) is 3. The molecule has 106 valence electrons. The Balaban J connectivity index is 2.49. The van der Waals surface area contributed by atoms with Gasteiger partial charge in [0.1, 0.15) is 5.69 Å². The summed E-state index contributed by atoms with van der Waals surface area (Å²) in [4.78, 5) is 18.4. The summed E-state index contributed by atoms with van der Waals surface area (Å²) in [6, 6.07) is 8.48. The van der Waals surface area contributed by atoms with E-state index in [2.05, 4.69) is 20.7 Å². The molecule has 0 fully saturated rings. The number of nitriles is 1. The number of nitrogens with zero attached hydrogens (tertiary/aromatic N) is 4. The fourth-order valence-electron chi connectivity index (χ4n) is 1.74. The second kappa shape index (κ2) is 5.81. The quantitative estimate of drug-likeness (QED) is 0.436. The maximum Gasteiger partial charge on any atom is 0.332 e. The molecule has 1 aromatic carbocycles. The van der Waals surface area contributed by atoms with Gasteiger partial charge in [-0.1, -0.05) is 6.07 Å². The molecule has 9 nitrogen and oxygen atoms in total. The normalized spacial score (nSPS) is 9.76. The average Bonchev–Trinajstić information content (AvgIpc) is 2.46. The van der Waals surface area contributed by atoms with Crippen LogP contribution >= 0.6 is 0 Å². The molecular formula is C12H11N7O2. The number of hydrazine groups is 1. The number of nitro groups is 1. The SMILES string of the molecule is Cc1nc(NN)nc(Nc2cccc(C#N)c2)c1[N+](=O)[O-]. The van der Waals surface area contributed by atoms with E-state index in [4.69, 9.17) is 11.1 Å². The van der Waals surface area contributed by atoms with Crippen LogP contribution in [-0.4, -0.2) is 14.9 Å². The Labute approximate surface area is 119 Å². The van der Waals surface area contributed by atoms with Crippen molar-refractivity contribution in [2.45, 2.75) is 6.92 Å². The van der Waals surface area contributed by atoms with Crippen molar-refractivity contribution in [3.05, 3.63) is 45.6 Å². The Morgan fingerprint density at radius 3 is 2.81 bits per heavy atom. The van der Waals surface area contributed by atoms with Crippen molar-refractivity contribution in [2.24, 2.45) is 5.84 Å². The summed E-state index contributed by atoms with van der Waals surface area (Å²) in [6.07, 6.45) is 0. The third kappa shape index (κ3) is 3.02. The van der Waals surface area contributed by atoms with Crippen LogP contribution in [-0.2, 0) is 0 Å². The van der Waals surface area contributed by atoms with Crippen molar-refractivity contribution in [3.8, 4) is 6.07 Å². The second-order valence-corrected chi connectivity index (χ2v) is 4.05. The van der Waals surface area contributed by atoms with Crippen molar-refractivity contribution in [1.82, 2.24) is 9.97 Å². The molecule has 0 saturated carbocycles. The van der Waals surface area contributed by atoms with E-state index in [1.165, 1.54) is 6.92 Å². The van der Waals surface area contributed by atoms with Gasteiger partial charge in [-0.3, -0.25) is 15.5 Å². The largest absolute Gasteiger partial charge is 0.334 e. The third-order valence-corrected chi connectivity index (χ3v) is 2.62. The number of rotatable bonds is 4. The van der Waals surface area contributed by atoms with Crippen LogP contribution in [0, 0.1) is 28.4 Å². The fourth-order valence-corrected chi connectivity index (χ4v) is 1.74. The predicted molar refractivity (Wildman–Crippen MR) is 75.7 cm³/mol. The van der Waals surface area contributed by atoms with Crippen molar-refractivity contribution in [2.75, 3.05) is 10.7 Å². The number of nitrogen functional groups attached to an aromatic ring is 1. The number of aromatic nitrogens is 2. The van der Waals surface area contributed by atoms with Crippen LogP contribution in [0.15, 0.2) is 24.3 Å². The van der Waals surface area contributed by atoms with E-state index in [0.717, 1.165) is 0 Å². The molecule has 0 saturated heterocycles. The molecule has 21 heavy (non-hydrogen) atoms. The van der Waals surface area contributed by atoms with E-state index in [9.17, 15) is 10.1 Å². The first-order chi connectivity index (χ1) is 10.0. The maximum atomic E-state index is 11.1. The first-order valence-corrected chi connectivity index (χ1v) is 5.82. The molecule has 0 aliphatic carbocycles. The molecule has 0 bridgehead atoms. The summed E-state index contributed by atoms with van der Waals surface area (Å²) in [6.45, 7) is 1.48. The molecule has 0 spiro atoms. The van der Waals surface area contributed by atoms with Crippen molar-refractivity contribution < 1.29 is 4.92 Å². The zero-order valence-corrected chi connectivity index (χ0v) is 11.0. The van der Waals surface area contributed by atoms with Crippen LogP contribution in [0.2, 0.25) is 0 Å². The molecule has 1 aromatic heterocycles. The highest BCUT2D eigenvalue weighted by Gasteiger charge is 2.22. The van der Waals surface area contributed by atoms with E-state index < -0.39 is 4.92 Å². The standard InChI is InChI=1S/C12H11N7O2/c1-7-10(19(20)21)11(17-12(15-7)18-14)16-9-4-2-3-8(5-9)6-13/h2-5H,14H2,1H3,(H2,15,16,17,18). The highest BCUT2D eigenvalue weighted by Crippen LogP contribution is 2.29. The monoisotopic (exact) mass is 285 g/mol. The van der Waals surface area contributed by atoms with E-state index in [1.807, 2.05) is 6.07 Å². The average molecular weight is 285 g/mol. The Morgan fingerprint density at radius 2 is 2.19 bits per heavy atom. The minimum atomic E-state index is -0.577. The topological polar surface area (TPSA) is 143 Å². The third-order valence-electron chi connectivity index (χ3n) is 2.62. The van der Waals surface area contributed by atoms with E-state index in [1.54, 1.807) is 24.3 Å². The van der Waals surface area contributed by atoms with Crippen molar-refractivity contribution >= 4 is 23.1 Å². The minimum Gasteiger partial charge on any atom is -0.334 e. The molecule has 0 radical (unpaired) electrons. The van der Waals surface area contributed by atoms with Gasteiger partial charge >= 0.3 is 5.69 Å². The Kier molecular flexibility index (Phi) is 3.92. The molecule has 2 rings (SSSR count). The van der Waals surface area contributed by atoms with Gasteiger partial charge in [-0.25, -0.2) is 10.8 Å². The summed E-state index contributed by atoms with van der Waals surface area (Å²) in [7, 11) is 0. The molecule has 0 unspecified atom stereocenters. The summed E-state index contributed by atoms with van der Waals surface area (Å²) in [5.41, 5.74) is 3.08. The Bertz CT molecular complexity index is 739. The van der Waals surface area contributed by atoms with E-state index in [0.29, 0.717) is 11.3 Å². The summed E-state index contributed by atoms with van der Waals surface area (Å²) < 4.78 is 0. The van der Waals surface area contributed by atoms with Crippen LogP contribution in [0.25, 0.3) is 0 Å². The van der Waals surface area contributed by atoms with Crippen LogP contribution < -0.4 is 16.6 Å². The van der Waals surface area contributed by atoms with Gasteiger partial charge in [0.25, 0.3) is 0 Å². The number of hydrogen-bond acceptors (Lipinski definition) is 8.